The van der Waals surface area contributed by atoms with Crippen molar-refractivity contribution in [3.63, 3.8) is 0 Å². The van der Waals surface area contributed by atoms with Crippen LogP contribution in [0.15, 0.2) is 24.4 Å². The topological polar surface area (TPSA) is 137 Å². The third-order valence-corrected chi connectivity index (χ3v) is 5.91. The van der Waals surface area contributed by atoms with Crippen molar-refractivity contribution in [3.8, 4) is 0 Å². The van der Waals surface area contributed by atoms with E-state index in [2.05, 4.69) is 26.6 Å². The van der Waals surface area contributed by atoms with Gasteiger partial charge in [-0.25, -0.2) is 14.6 Å². The van der Waals surface area contributed by atoms with Crippen molar-refractivity contribution < 1.29 is 55.7 Å². The summed E-state index contributed by atoms with van der Waals surface area (Å²) in [6.45, 7) is 5.97. The van der Waals surface area contributed by atoms with Gasteiger partial charge in [0, 0.05) is 32.4 Å². The molecule has 2 aliphatic rings. The quantitative estimate of drug-likeness (QED) is 0.452. The van der Waals surface area contributed by atoms with Gasteiger partial charge >= 0.3 is 24.3 Å². The first-order chi connectivity index (χ1) is 18.6. The number of carbonyl (C=O) groups is 3. The number of rotatable bonds is 5. The molecule has 224 valence electrons. The van der Waals surface area contributed by atoms with Crippen LogP contribution in [0.3, 0.4) is 0 Å². The number of aromatic nitrogens is 2. The van der Waals surface area contributed by atoms with Crippen LogP contribution in [0, 0.1) is 0 Å². The van der Waals surface area contributed by atoms with Crippen molar-refractivity contribution in [1.82, 2.24) is 24.5 Å². The minimum atomic E-state index is -5.08. The number of hydrogen-bond donors (Lipinski definition) is 3. The molecule has 4 rings (SSSR count). The summed E-state index contributed by atoms with van der Waals surface area (Å²) in [6.07, 6.45) is -5.90. The Morgan fingerprint density at radius 1 is 1.02 bits per heavy atom. The Bertz CT molecular complexity index is 1130. The SMILES string of the molecule is CN1CCCC1c1nc(C(=O)NCCN2CCOCC2)c2ccccn12.O=C(O)C(F)(F)F.O=C(O)C(F)(F)F. The van der Waals surface area contributed by atoms with Crippen LogP contribution in [-0.4, -0.2) is 113 Å². The molecule has 2 aromatic heterocycles. The summed E-state index contributed by atoms with van der Waals surface area (Å²) in [6, 6.07) is 6.21. The fraction of sp³-hybridized carbons (Fsp3) is 0.565. The minimum absolute atomic E-state index is 0.0890. The Morgan fingerprint density at radius 3 is 2.10 bits per heavy atom. The molecule has 1 amide bonds. The van der Waals surface area contributed by atoms with Crippen LogP contribution in [0.4, 0.5) is 26.3 Å². The summed E-state index contributed by atoms with van der Waals surface area (Å²) in [5, 5.41) is 17.3. The second-order valence-electron chi connectivity index (χ2n) is 8.73. The van der Waals surface area contributed by atoms with Gasteiger partial charge in [0.2, 0.25) is 0 Å². The zero-order valence-electron chi connectivity index (χ0n) is 21.3. The zero-order chi connectivity index (χ0) is 30.1. The number of imidazole rings is 1. The number of nitrogens with zero attached hydrogens (tertiary/aromatic N) is 4. The minimum Gasteiger partial charge on any atom is -0.475 e. The first-order valence-corrected chi connectivity index (χ1v) is 12.0. The van der Waals surface area contributed by atoms with Crippen molar-refractivity contribution in [2.45, 2.75) is 31.2 Å². The molecule has 1 unspecified atom stereocenters. The number of alkyl halides is 6. The van der Waals surface area contributed by atoms with Gasteiger partial charge in [0.15, 0.2) is 5.69 Å². The lowest BCUT2D eigenvalue weighted by atomic mass is 10.2. The van der Waals surface area contributed by atoms with E-state index in [4.69, 9.17) is 29.5 Å². The van der Waals surface area contributed by atoms with Crippen molar-refractivity contribution >= 4 is 23.4 Å². The number of carboxylic acids is 2. The van der Waals surface area contributed by atoms with Crippen molar-refractivity contribution in [2.24, 2.45) is 0 Å². The van der Waals surface area contributed by atoms with E-state index in [1.54, 1.807) is 0 Å². The predicted octanol–water partition coefficient (Wildman–Crippen LogP) is 2.43. The molecule has 0 spiro atoms. The van der Waals surface area contributed by atoms with E-state index in [9.17, 15) is 31.1 Å². The summed E-state index contributed by atoms with van der Waals surface area (Å²) < 4.78 is 70.9. The molecular weight excluding hydrogens is 556 g/mol. The van der Waals surface area contributed by atoms with Gasteiger partial charge in [-0.05, 0) is 38.6 Å². The van der Waals surface area contributed by atoms with E-state index in [-0.39, 0.29) is 11.9 Å². The fourth-order valence-electron chi connectivity index (χ4n) is 3.94. The maximum Gasteiger partial charge on any atom is 0.490 e. The number of halogens is 6. The standard InChI is InChI=1S/C19H27N5O2.2C2HF3O2/c1-22-8-4-6-16(22)18-21-17(15-5-2-3-9-24(15)18)19(25)20-7-10-23-11-13-26-14-12-23;2*3-2(4,5)1(6)7/h2-3,5,9,16H,4,6-8,10-14H2,1H3,(H,20,25);2*(H,6,7). The van der Waals surface area contributed by atoms with E-state index in [0.29, 0.717) is 12.2 Å². The van der Waals surface area contributed by atoms with Gasteiger partial charge in [-0.1, -0.05) is 6.07 Å². The molecule has 2 aromatic rings. The third kappa shape index (κ3) is 9.63. The van der Waals surface area contributed by atoms with Crippen LogP contribution >= 0.6 is 0 Å². The van der Waals surface area contributed by atoms with Crippen LogP contribution in [0.5, 0.6) is 0 Å². The fourth-order valence-corrected chi connectivity index (χ4v) is 3.94. The van der Waals surface area contributed by atoms with Gasteiger partial charge in [-0.2, -0.15) is 26.3 Å². The van der Waals surface area contributed by atoms with Crippen molar-refractivity contribution in [1.29, 1.82) is 0 Å². The molecule has 0 aliphatic carbocycles. The summed E-state index contributed by atoms with van der Waals surface area (Å²) in [5.74, 6) is -4.63. The largest absolute Gasteiger partial charge is 0.490 e. The first kappa shape index (κ1) is 32.8. The third-order valence-electron chi connectivity index (χ3n) is 5.91. The summed E-state index contributed by atoms with van der Waals surface area (Å²) >= 11 is 0. The van der Waals surface area contributed by atoms with Crippen molar-refractivity contribution in [3.05, 3.63) is 35.9 Å². The molecule has 4 heterocycles. The number of morpholine rings is 1. The highest BCUT2D eigenvalue weighted by molar-refractivity contribution is 5.99. The van der Waals surface area contributed by atoms with Gasteiger partial charge in [0.25, 0.3) is 5.91 Å². The molecular formula is C23H29F6N5O6. The second kappa shape index (κ2) is 14.3. The molecule has 2 saturated heterocycles. The maximum absolute atomic E-state index is 12.8. The lowest BCUT2D eigenvalue weighted by Crippen LogP contribution is -2.41. The smallest absolute Gasteiger partial charge is 0.475 e. The van der Waals surface area contributed by atoms with E-state index in [1.807, 2.05) is 24.4 Å². The number of hydrogen-bond acceptors (Lipinski definition) is 7. The number of fused-ring (bicyclic) bond motifs is 1. The Morgan fingerprint density at radius 2 is 1.60 bits per heavy atom. The average molecular weight is 586 g/mol. The Balaban J connectivity index is 0.000000333. The molecule has 0 radical (unpaired) electrons. The van der Waals surface area contributed by atoms with Crippen LogP contribution < -0.4 is 5.32 Å². The van der Waals surface area contributed by atoms with E-state index in [0.717, 1.165) is 57.2 Å². The number of aliphatic carboxylic acids is 2. The van der Waals surface area contributed by atoms with Crippen LogP contribution in [0.2, 0.25) is 0 Å². The summed E-state index contributed by atoms with van der Waals surface area (Å²) in [5.41, 5.74) is 1.41. The van der Waals surface area contributed by atoms with Crippen LogP contribution in [0.25, 0.3) is 5.52 Å². The zero-order valence-corrected chi connectivity index (χ0v) is 21.3. The van der Waals surface area contributed by atoms with E-state index in [1.165, 1.54) is 6.42 Å². The summed E-state index contributed by atoms with van der Waals surface area (Å²) in [7, 11) is 2.13. The summed E-state index contributed by atoms with van der Waals surface area (Å²) in [4.78, 5) is 40.0. The second-order valence-corrected chi connectivity index (χ2v) is 8.73. The molecule has 0 aromatic carbocycles. The number of nitrogens with one attached hydrogen (secondary N) is 1. The molecule has 40 heavy (non-hydrogen) atoms. The monoisotopic (exact) mass is 585 g/mol. The normalized spacial score (nSPS) is 18.3. The molecule has 0 saturated carbocycles. The number of pyridine rings is 1. The molecule has 2 fully saturated rings. The first-order valence-electron chi connectivity index (χ1n) is 12.0. The highest BCUT2D eigenvalue weighted by atomic mass is 19.4. The number of carbonyl (C=O) groups excluding carboxylic acids is 1. The average Bonchev–Trinajstić information content (AvgIpc) is 3.47. The molecule has 0 bridgehead atoms. The van der Waals surface area contributed by atoms with Gasteiger partial charge in [0.1, 0.15) is 5.82 Å². The Labute approximate surface area is 224 Å². The lowest BCUT2D eigenvalue weighted by Gasteiger charge is -2.26. The Kier molecular flexibility index (Phi) is 11.7. The van der Waals surface area contributed by atoms with Crippen LogP contribution in [-0.2, 0) is 14.3 Å². The number of amides is 1. The van der Waals surface area contributed by atoms with Crippen molar-refractivity contribution in [2.75, 3.05) is 53.0 Å². The molecule has 2 aliphatic heterocycles. The van der Waals surface area contributed by atoms with Gasteiger partial charge in [-0.3, -0.25) is 14.6 Å². The number of ether oxygens (including phenoxy) is 1. The van der Waals surface area contributed by atoms with Gasteiger partial charge in [0.05, 0.1) is 24.8 Å². The molecule has 1 atom stereocenters. The highest BCUT2D eigenvalue weighted by Gasteiger charge is 2.39. The highest BCUT2D eigenvalue weighted by Crippen LogP contribution is 2.31. The van der Waals surface area contributed by atoms with Gasteiger partial charge < -0.3 is 24.7 Å². The number of likely N-dealkylation sites (tertiary alicyclic amines) is 1. The predicted molar refractivity (Wildman–Crippen MR) is 127 cm³/mol. The number of carboxylic acid groups (broad SMARTS) is 2. The van der Waals surface area contributed by atoms with Crippen LogP contribution in [0.1, 0.15) is 35.2 Å². The molecule has 11 nitrogen and oxygen atoms in total. The maximum atomic E-state index is 12.8. The lowest BCUT2D eigenvalue weighted by molar-refractivity contribution is -0.193. The molecule has 3 N–H and O–H groups in total. The van der Waals surface area contributed by atoms with Gasteiger partial charge in [-0.15, -0.1) is 0 Å². The molecule has 17 heteroatoms. The Hall–Kier alpha value is -3.44. The van der Waals surface area contributed by atoms with E-state index < -0.39 is 24.3 Å². The van der Waals surface area contributed by atoms with E-state index >= 15 is 0 Å².